The smallest absolute Gasteiger partial charge is 0.178 e. The monoisotopic (exact) mass is 716 g/mol. The lowest BCUT2D eigenvalue weighted by molar-refractivity contribution is 0.122. The van der Waals surface area contributed by atoms with Crippen molar-refractivity contribution >= 4 is 28.2 Å². The molecule has 5 aromatic carbocycles. The molecule has 3 heterocycles. The van der Waals surface area contributed by atoms with E-state index in [2.05, 4.69) is 52.3 Å². The molecule has 1 unspecified atom stereocenters. The molecule has 0 radical (unpaired) electrons. The summed E-state index contributed by atoms with van der Waals surface area (Å²) < 4.78 is 61.5. The van der Waals surface area contributed by atoms with Crippen LogP contribution in [-0.2, 0) is 20.5 Å². The van der Waals surface area contributed by atoms with E-state index in [1.807, 2.05) is 44.2 Å². The van der Waals surface area contributed by atoms with E-state index in [0.29, 0.717) is 62.1 Å². The number of halogens is 2. The third-order valence-corrected chi connectivity index (χ3v) is 11.5. The minimum Gasteiger partial charge on any atom is -0.497 e. The van der Waals surface area contributed by atoms with E-state index in [1.54, 1.807) is 14.2 Å². The Morgan fingerprint density at radius 3 is 1.98 bits per heavy atom. The molecule has 0 bridgehead atoms. The lowest BCUT2D eigenvalue weighted by Gasteiger charge is -2.39. The topological polar surface area (TPSA) is 52.6 Å². The summed E-state index contributed by atoms with van der Waals surface area (Å²) in [5.41, 5.74) is 5.65. The highest BCUT2D eigenvalue weighted by atomic mass is 19.1. The van der Waals surface area contributed by atoms with E-state index in [0.717, 1.165) is 74.9 Å². The number of fused-ring (bicyclic) bond motifs is 8. The van der Waals surface area contributed by atoms with Crippen molar-refractivity contribution in [3.05, 3.63) is 118 Å². The minimum atomic E-state index is -1.03. The normalized spacial score (nSPS) is 20.1. The Morgan fingerprint density at radius 2 is 1.34 bits per heavy atom. The Morgan fingerprint density at radius 1 is 0.698 bits per heavy atom. The maximum atomic E-state index is 16.0. The van der Waals surface area contributed by atoms with Crippen molar-refractivity contribution in [2.24, 2.45) is 0 Å². The van der Waals surface area contributed by atoms with Crippen LogP contribution in [0.5, 0.6) is 17.2 Å². The van der Waals surface area contributed by atoms with Crippen molar-refractivity contribution in [3.63, 3.8) is 0 Å². The molecule has 9 heteroatoms. The highest BCUT2D eigenvalue weighted by Gasteiger charge is 2.46. The molecule has 1 aliphatic carbocycles. The first-order valence-electron chi connectivity index (χ1n) is 18.2. The van der Waals surface area contributed by atoms with Crippen LogP contribution in [0.25, 0.3) is 28.0 Å². The summed E-state index contributed by atoms with van der Waals surface area (Å²) in [6.07, 6.45) is 4.21. The molecule has 1 atom stereocenters. The number of morpholine rings is 2. The molecule has 0 N–H and O–H groups in total. The minimum absolute atomic E-state index is 0.478. The number of rotatable bonds is 6. The number of hydrogen-bond donors (Lipinski definition) is 0. The molecule has 0 aromatic heterocycles. The number of benzene rings is 5. The van der Waals surface area contributed by atoms with Crippen LogP contribution in [0.3, 0.4) is 0 Å². The average Bonchev–Trinajstić information content (AvgIpc) is 3.44. The van der Waals surface area contributed by atoms with Crippen molar-refractivity contribution < 1.29 is 32.5 Å². The number of anilines is 2. The highest BCUT2D eigenvalue weighted by Crippen LogP contribution is 2.59. The summed E-state index contributed by atoms with van der Waals surface area (Å²) >= 11 is 0. The van der Waals surface area contributed by atoms with Gasteiger partial charge in [-0.1, -0.05) is 44.2 Å². The SMILES string of the molecule is COc1ccc(C2(c3ccc(N4CCOCC4)cc3)C=Cc3c4c(c5cc(N6CCOCC6)c(OC)cc5c3O2)-c2cc(F)cc(F)c2C4(C)C)cc1. The van der Waals surface area contributed by atoms with E-state index in [4.69, 9.17) is 23.7 Å². The zero-order valence-corrected chi connectivity index (χ0v) is 30.4. The van der Waals surface area contributed by atoms with Gasteiger partial charge in [0.2, 0.25) is 0 Å². The Balaban J connectivity index is 1.31. The molecular weight excluding hydrogens is 674 g/mol. The number of ether oxygens (including phenoxy) is 5. The zero-order valence-electron chi connectivity index (χ0n) is 30.4. The van der Waals surface area contributed by atoms with Crippen molar-refractivity contribution in [1.82, 2.24) is 0 Å². The van der Waals surface area contributed by atoms with E-state index in [-0.39, 0.29) is 0 Å². The standard InChI is InChI=1S/C44H42F2N2O5/c1-43(2)40-35(23-29(45)24-36(40)46)39-33-25-37(48-17-21-52-22-18-48)38(50-4)26-34(33)42-32(41(39)43)13-14-44(53-42,28-7-11-31(49-3)12-8-28)27-5-9-30(10-6-27)47-15-19-51-20-16-47/h5-14,23-26H,15-22H2,1-4H3. The van der Waals surface area contributed by atoms with Gasteiger partial charge in [-0.05, 0) is 70.6 Å². The summed E-state index contributed by atoms with van der Waals surface area (Å²) in [5.74, 6) is 0.918. The van der Waals surface area contributed by atoms with Crippen molar-refractivity contribution in [3.8, 4) is 28.4 Å². The second kappa shape index (κ2) is 12.8. The van der Waals surface area contributed by atoms with Gasteiger partial charge in [0.15, 0.2) is 5.60 Å². The fourth-order valence-electron chi connectivity index (χ4n) is 8.89. The molecule has 5 aromatic rings. The van der Waals surface area contributed by atoms with Gasteiger partial charge in [-0.3, -0.25) is 0 Å². The lowest BCUT2D eigenvalue weighted by atomic mass is 9.76. The zero-order chi connectivity index (χ0) is 36.5. The fourth-order valence-corrected chi connectivity index (χ4v) is 8.89. The van der Waals surface area contributed by atoms with Gasteiger partial charge < -0.3 is 33.5 Å². The van der Waals surface area contributed by atoms with E-state index in [1.165, 1.54) is 6.07 Å². The van der Waals surface area contributed by atoms with Crippen molar-refractivity contribution in [1.29, 1.82) is 0 Å². The van der Waals surface area contributed by atoms with Crippen molar-refractivity contribution in [2.45, 2.75) is 24.9 Å². The molecule has 272 valence electrons. The molecule has 53 heavy (non-hydrogen) atoms. The predicted molar refractivity (Wildman–Crippen MR) is 204 cm³/mol. The first-order chi connectivity index (χ1) is 25.7. The highest BCUT2D eigenvalue weighted by molar-refractivity contribution is 6.10. The van der Waals surface area contributed by atoms with Crippen LogP contribution in [-0.4, -0.2) is 66.8 Å². The largest absolute Gasteiger partial charge is 0.497 e. The van der Waals surface area contributed by atoms with Crippen LogP contribution >= 0.6 is 0 Å². The van der Waals surface area contributed by atoms with Crippen LogP contribution in [0.15, 0.2) is 78.9 Å². The van der Waals surface area contributed by atoms with Crippen LogP contribution in [0.2, 0.25) is 0 Å². The van der Waals surface area contributed by atoms with Gasteiger partial charge in [-0.2, -0.15) is 0 Å². The maximum absolute atomic E-state index is 16.0. The van der Waals surface area contributed by atoms with Gasteiger partial charge in [-0.25, -0.2) is 8.78 Å². The molecule has 3 aliphatic heterocycles. The van der Waals surface area contributed by atoms with Crippen molar-refractivity contribution in [2.75, 3.05) is 76.6 Å². The second-order valence-electron chi connectivity index (χ2n) is 14.6. The van der Waals surface area contributed by atoms with Crippen LogP contribution in [0.4, 0.5) is 20.2 Å². The second-order valence-corrected chi connectivity index (χ2v) is 14.6. The average molecular weight is 717 g/mol. The summed E-state index contributed by atoms with van der Waals surface area (Å²) in [7, 11) is 3.33. The molecule has 0 saturated carbocycles. The Kier molecular flexibility index (Phi) is 8.12. The third-order valence-electron chi connectivity index (χ3n) is 11.5. The maximum Gasteiger partial charge on any atom is 0.178 e. The lowest BCUT2D eigenvalue weighted by Crippen LogP contribution is -2.37. The molecule has 0 amide bonds. The van der Waals surface area contributed by atoms with Gasteiger partial charge in [0.25, 0.3) is 0 Å². The summed E-state index contributed by atoms with van der Waals surface area (Å²) in [6, 6.07) is 23.1. The Labute approximate surface area is 308 Å². The Bertz CT molecular complexity index is 2260. The molecule has 2 saturated heterocycles. The number of methoxy groups -OCH3 is 2. The summed E-state index contributed by atoms with van der Waals surface area (Å²) in [5, 5.41) is 1.65. The summed E-state index contributed by atoms with van der Waals surface area (Å²) in [6.45, 7) is 9.68. The summed E-state index contributed by atoms with van der Waals surface area (Å²) in [4.78, 5) is 4.58. The molecule has 2 fully saturated rings. The fraction of sp³-hybridized carbons (Fsp3) is 0.318. The molecule has 9 rings (SSSR count). The third kappa shape index (κ3) is 5.27. The molecule has 7 nitrogen and oxygen atoms in total. The first-order valence-corrected chi connectivity index (χ1v) is 18.2. The van der Waals surface area contributed by atoms with Gasteiger partial charge >= 0.3 is 0 Å². The van der Waals surface area contributed by atoms with Crippen LogP contribution in [0, 0.1) is 11.6 Å². The number of hydrogen-bond acceptors (Lipinski definition) is 7. The van der Waals surface area contributed by atoms with Gasteiger partial charge in [0.05, 0.1) is 46.3 Å². The molecule has 4 aliphatic rings. The molecule has 0 spiro atoms. The molecular formula is C44H42F2N2O5. The van der Waals surface area contributed by atoms with Gasteiger partial charge in [-0.15, -0.1) is 0 Å². The first kappa shape index (κ1) is 33.7. The Hall–Kier alpha value is -5.12. The van der Waals surface area contributed by atoms with Gasteiger partial charge in [0.1, 0.15) is 28.9 Å². The number of nitrogens with zero attached hydrogens (tertiary/aromatic N) is 2. The van der Waals surface area contributed by atoms with E-state index in [9.17, 15) is 0 Å². The predicted octanol–water partition coefficient (Wildman–Crippen LogP) is 8.46. The van der Waals surface area contributed by atoms with Crippen LogP contribution < -0.4 is 24.0 Å². The van der Waals surface area contributed by atoms with Crippen LogP contribution in [0.1, 0.15) is 41.7 Å². The quantitative estimate of drug-likeness (QED) is 0.175. The van der Waals surface area contributed by atoms with E-state index < -0.39 is 22.7 Å². The van der Waals surface area contributed by atoms with Gasteiger partial charge in [0, 0.05) is 71.0 Å². The van der Waals surface area contributed by atoms with E-state index >= 15 is 8.78 Å².